The van der Waals surface area contributed by atoms with Gasteiger partial charge < -0.3 is 10.2 Å². The van der Waals surface area contributed by atoms with Crippen molar-refractivity contribution in [1.82, 2.24) is 15.1 Å². The third-order valence-electron chi connectivity index (χ3n) is 4.12. The lowest BCUT2D eigenvalue weighted by molar-refractivity contribution is 0.106. The van der Waals surface area contributed by atoms with Crippen LogP contribution in [0.3, 0.4) is 0 Å². The van der Waals surface area contributed by atoms with E-state index in [0.717, 1.165) is 26.2 Å². The van der Waals surface area contributed by atoms with E-state index < -0.39 is 0 Å². The fourth-order valence-corrected chi connectivity index (χ4v) is 3.15. The Hall–Kier alpha value is -0.900. The summed E-state index contributed by atoms with van der Waals surface area (Å²) in [5, 5.41) is 3.43. The van der Waals surface area contributed by atoms with Gasteiger partial charge in [0.15, 0.2) is 0 Å². The molecular weight excluding hydrogens is 234 g/mol. The number of benzene rings is 1. The summed E-state index contributed by atoms with van der Waals surface area (Å²) in [7, 11) is 4.37. The number of nitrogens with one attached hydrogen (secondary N) is 1. The third-order valence-corrected chi connectivity index (χ3v) is 4.12. The largest absolute Gasteiger partial charge is 0.314 e. The molecule has 106 valence electrons. The van der Waals surface area contributed by atoms with Crippen molar-refractivity contribution in [3.05, 3.63) is 35.4 Å². The van der Waals surface area contributed by atoms with Gasteiger partial charge in [-0.3, -0.25) is 4.90 Å². The van der Waals surface area contributed by atoms with E-state index >= 15 is 0 Å². The summed E-state index contributed by atoms with van der Waals surface area (Å²) in [5.41, 5.74) is 2.77. The highest BCUT2D eigenvalue weighted by Crippen LogP contribution is 2.26. The molecule has 1 saturated heterocycles. The van der Waals surface area contributed by atoms with Crippen molar-refractivity contribution in [2.75, 3.05) is 40.3 Å². The maximum absolute atomic E-state index is 3.43. The Labute approximate surface area is 117 Å². The summed E-state index contributed by atoms with van der Waals surface area (Å²) in [6.07, 6.45) is 0. The molecule has 0 bridgehead atoms. The lowest BCUT2D eigenvalue weighted by Gasteiger charge is -2.40. The first kappa shape index (κ1) is 14.5. The van der Waals surface area contributed by atoms with Crippen LogP contribution in [0.15, 0.2) is 24.3 Å². The maximum Gasteiger partial charge on any atom is 0.0495 e. The quantitative estimate of drug-likeness (QED) is 0.893. The molecule has 1 aliphatic rings. The van der Waals surface area contributed by atoms with Crippen molar-refractivity contribution in [2.45, 2.75) is 25.9 Å². The molecule has 0 aliphatic carbocycles. The number of piperazine rings is 1. The van der Waals surface area contributed by atoms with E-state index in [1.165, 1.54) is 11.1 Å². The molecule has 1 aromatic rings. The zero-order valence-electron chi connectivity index (χ0n) is 12.7. The second-order valence-corrected chi connectivity index (χ2v) is 5.85. The van der Waals surface area contributed by atoms with Crippen molar-refractivity contribution in [3.8, 4) is 0 Å². The molecule has 1 N–H and O–H groups in total. The second-order valence-electron chi connectivity index (χ2n) is 5.85. The van der Waals surface area contributed by atoms with Crippen LogP contribution in [0.5, 0.6) is 0 Å². The molecule has 1 heterocycles. The predicted octanol–water partition coefficient (Wildman–Crippen LogP) is 1.89. The molecule has 0 saturated carbocycles. The molecule has 0 radical (unpaired) electrons. The highest BCUT2D eigenvalue weighted by Gasteiger charge is 2.27. The molecule has 3 nitrogen and oxygen atoms in total. The summed E-state index contributed by atoms with van der Waals surface area (Å²) < 4.78 is 0. The Morgan fingerprint density at radius 2 is 1.89 bits per heavy atom. The normalized spacial score (nSPS) is 20.5. The molecule has 0 amide bonds. The highest BCUT2D eigenvalue weighted by atomic mass is 15.3. The minimum atomic E-state index is 0.456. The highest BCUT2D eigenvalue weighted by molar-refractivity contribution is 5.26. The Morgan fingerprint density at radius 3 is 2.47 bits per heavy atom. The maximum atomic E-state index is 3.43. The predicted molar refractivity (Wildman–Crippen MR) is 81.5 cm³/mol. The number of likely N-dealkylation sites (N-methyl/N-ethyl adjacent to an activating group) is 1. The van der Waals surface area contributed by atoms with E-state index in [1.807, 2.05) is 0 Å². The first-order valence-electron chi connectivity index (χ1n) is 7.27. The van der Waals surface area contributed by atoms with Gasteiger partial charge in [-0.05, 0) is 33.5 Å². The van der Waals surface area contributed by atoms with Crippen molar-refractivity contribution < 1.29 is 0 Å². The van der Waals surface area contributed by atoms with Crippen LogP contribution in [0, 0.1) is 6.92 Å². The van der Waals surface area contributed by atoms with Gasteiger partial charge in [0.05, 0.1) is 0 Å². The first-order valence-corrected chi connectivity index (χ1v) is 7.27. The van der Waals surface area contributed by atoms with Crippen molar-refractivity contribution in [3.63, 3.8) is 0 Å². The lowest BCUT2D eigenvalue weighted by atomic mass is 9.96. The Morgan fingerprint density at radius 1 is 1.21 bits per heavy atom. The molecular formula is C16H27N3. The summed E-state index contributed by atoms with van der Waals surface area (Å²) in [5.74, 6) is 0. The van der Waals surface area contributed by atoms with Gasteiger partial charge in [0.2, 0.25) is 0 Å². The number of nitrogens with zero attached hydrogens (tertiary/aromatic N) is 2. The van der Waals surface area contributed by atoms with E-state index in [9.17, 15) is 0 Å². The number of aryl methyl sites for hydroxylation is 1. The molecule has 1 aromatic carbocycles. The van der Waals surface area contributed by atoms with Crippen molar-refractivity contribution in [1.29, 1.82) is 0 Å². The van der Waals surface area contributed by atoms with Gasteiger partial charge in [0.25, 0.3) is 0 Å². The van der Waals surface area contributed by atoms with Gasteiger partial charge in [-0.15, -0.1) is 0 Å². The summed E-state index contributed by atoms with van der Waals surface area (Å²) in [6.45, 7) is 9.05. The molecule has 2 unspecified atom stereocenters. The number of hydrogen-bond donors (Lipinski definition) is 1. The minimum absolute atomic E-state index is 0.456. The molecule has 1 aliphatic heterocycles. The lowest BCUT2D eigenvalue weighted by Crippen LogP contribution is -2.51. The van der Waals surface area contributed by atoms with Crippen LogP contribution in [-0.2, 0) is 0 Å². The zero-order chi connectivity index (χ0) is 13.8. The van der Waals surface area contributed by atoms with Crippen LogP contribution in [0.1, 0.15) is 24.1 Å². The molecule has 0 aromatic heterocycles. The van der Waals surface area contributed by atoms with Gasteiger partial charge in [-0.25, -0.2) is 0 Å². The smallest absolute Gasteiger partial charge is 0.0495 e. The number of hydrogen-bond acceptors (Lipinski definition) is 3. The van der Waals surface area contributed by atoms with Gasteiger partial charge in [0, 0.05) is 38.3 Å². The summed E-state index contributed by atoms with van der Waals surface area (Å²) in [6, 6.07) is 9.92. The SMILES string of the molecule is Cc1cccc(C(C(C)N2CCNCC2)N(C)C)c1. The van der Waals surface area contributed by atoms with Gasteiger partial charge in [0.1, 0.15) is 0 Å². The van der Waals surface area contributed by atoms with Crippen LogP contribution in [0.2, 0.25) is 0 Å². The molecule has 2 atom stereocenters. The molecule has 1 fully saturated rings. The molecule has 0 spiro atoms. The van der Waals surface area contributed by atoms with E-state index in [4.69, 9.17) is 0 Å². The fourth-order valence-electron chi connectivity index (χ4n) is 3.15. The average Bonchev–Trinajstić information content (AvgIpc) is 2.39. The Kier molecular flexibility index (Phi) is 4.97. The standard InChI is InChI=1S/C16H27N3/c1-13-6-5-7-15(12-13)16(18(3)4)14(2)19-10-8-17-9-11-19/h5-7,12,14,16-17H,8-11H2,1-4H3. The van der Waals surface area contributed by atoms with E-state index in [2.05, 4.69) is 67.3 Å². The van der Waals surface area contributed by atoms with Crippen molar-refractivity contribution in [2.24, 2.45) is 0 Å². The minimum Gasteiger partial charge on any atom is -0.314 e. The van der Waals surface area contributed by atoms with Gasteiger partial charge in [-0.1, -0.05) is 29.8 Å². The Balaban J connectivity index is 2.19. The molecule has 19 heavy (non-hydrogen) atoms. The summed E-state index contributed by atoms with van der Waals surface area (Å²) >= 11 is 0. The average molecular weight is 261 g/mol. The summed E-state index contributed by atoms with van der Waals surface area (Å²) in [4.78, 5) is 4.95. The van der Waals surface area contributed by atoms with Crippen molar-refractivity contribution >= 4 is 0 Å². The van der Waals surface area contributed by atoms with E-state index in [1.54, 1.807) is 0 Å². The second kappa shape index (κ2) is 6.51. The third kappa shape index (κ3) is 3.56. The Bertz CT molecular complexity index is 397. The monoisotopic (exact) mass is 261 g/mol. The fraction of sp³-hybridized carbons (Fsp3) is 0.625. The zero-order valence-corrected chi connectivity index (χ0v) is 12.7. The van der Waals surface area contributed by atoms with Gasteiger partial charge in [-0.2, -0.15) is 0 Å². The topological polar surface area (TPSA) is 18.5 Å². The number of rotatable bonds is 4. The van der Waals surface area contributed by atoms with E-state index in [0.29, 0.717) is 12.1 Å². The van der Waals surface area contributed by atoms with E-state index in [-0.39, 0.29) is 0 Å². The van der Waals surface area contributed by atoms with Crippen LogP contribution in [-0.4, -0.2) is 56.1 Å². The van der Waals surface area contributed by atoms with Crippen LogP contribution < -0.4 is 5.32 Å². The first-order chi connectivity index (χ1) is 9.09. The van der Waals surface area contributed by atoms with Crippen LogP contribution in [0.25, 0.3) is 0 Å². The van der Waals surface area contributed by atoms with Crippen LogP contribution >= 0.6 is 0 Å². The van der Waals surface area contributed by atoms with Gasteiger partial charge >= 0.3 is 0 Å². The van der Waals surface area contributed by atoms with Crippen LogP contribution in [0.4, 0.5) is 0 Å². The molecule has 2 rings (SSSR count). The molecule has 3 heteroatoms.